The molecule has 0 aromatic heterocycles. The molecule has 0 spiro atoms. The molecule has 0 atom stereocenters. The van der Waals surface area contributed by atoms with Gasteiger partial charge in [-0.05, 0) is 27.7 Å². The summed E-state index contributed by atoms with van der Waals surface area (Å²) in [5.41, 5.74) is 0.184. The Bertz CT molecular complexity index is 131. The summed E-state index contributed by atoms with van der Waals surface area (Å²) in [4.78, 5) is 6.26. The van der Waals surface area contributed by atoms with Gasteiger partial charge >= 0.3 is 0 Å². The highest BCUT2D eigenvalue weighted by Crippen LogP contribution is 2.10. The predicted octanol–water partition coefficient (Wildman–Crippen LogP) is 1.76. The van der Waals surface area contributed by atoms with Crippen LogP contribution in [0.4, 0.5) is 0 Å². The van der Waals surface area contributed by atoms with Gasteiger partial charge in [0.05, 0.1) is 5.84 Å². The SMILES string of the molecule is CN=C(C)N(C)C(C)(C)C. The molecule has 0 unspecified atom stereocenters. The minimum absolute atomic E-state index is 0.184. The Kier molecular flexibility index (Phi) is 2.88. The van der Waals surface area contributed by atoms with E-state index in [0.717, 1.165) is 5.84 Å². The van der Waals surface area contributed by atoms with E-state index in [-0.39, 0.29) is 5.54 Å². The van der Waals surface area contributed by atoms with E-state index in [4.69, 9.17) is 0 Å². The van der Waals surface area contributed by atoms with Crippen LogP contribution in [0.15, 0.2) is 4.99 Å². The predicted molar refractivity (Wildman–Crippen MR) is 46.5 cm³/mol. The van der Waals surface area contributed by atoms with E-state index >= 15 is 0 Å². The minimum Gasteiger partial charge on any atom is -0.359 e. The van der Waals surface area contributed by atoms with Crippen LogP contribution in [0, 0.1) is 0 Å². The number of rotatable bonds is 0. The summed E-state index contributed by atoms with van der Waals surface area (Å²) in [6.07, 6.45) is 0. The van der Waals surface area contributed by atoms with E-state index in [1.54, 1.807) is 0 Å². The fraction of sp³-hybridized carbons (Fsp3) is 0.875. The van der Waals surface area contributed by atoms with Crippen molar-refractivity contribution in [3.63, 3.8) is 0 Å². The Labute approximate surface area is 63.9 Å². The van der Waals surface area contributed by atoms with Crippen LogP contribution in [0.25, 0.3) is 0 Å². The summed E-state index contributed by atoms with van der Waals surface area (Å²) < 4.78 is 0. The maximum absolute atomic E-state index is 4.10. The first-order valence-corrected chi connectivity index (χ1v) is 3.57. The molecule has 2 nitrogen and oxygen atoms in total. The number of hydrogen-bond acceptors (Lipinski definition) is 1. The Morgan fingerprint density at radius 3 is 1.80 bits per heavy atom. The third-order valence-corrected chi connectivity index (χ3v) is 1.82. The van der Waals surface area contributed by atoms with Crippen molar-refractivity contribution in [1.29, 1.82) is 0 Å². The molecule has 0 aliphatic carbocycles. The minimum atomic E-state index is 0.184. The third-order valence-electron chi connectivity index (χ3n) is 1.82. The molecule has 0 aromatic carbocycles. The largest absolute Gasteiger partial charge is 0.359 e. The summed E-state index contributed by atoms with van der Waals surface area (Å²) in [6.45, 7) is 8.52. The summed E-state index contributed by atoms with van der Waals surface area (Å²) in [5.74, 6) is 1.08. The number of aliphatic imine (C=N–C) groups is 1. The Morgan fingerprint density at radius 2 is 1.70 bits per heavy atom. The summed E-state index contributed by atoms with van der Waals surface area (Å²) >= 11 is 0. The van der Waals surface area contributed by atoms with Crippen molar-refractivity contribution in [2.45, 2.75) is 33.2 Å². The Morgan fingerprint density at radius 1 is 1.30 bits per heavy atom. The van der Waals surface area contributed by atoms with Crippen LogP contribution in [0.3, 0.4) is 0 Å². The molecule has 0 amide bonds. The van der Waals surface area contributed by atoms with Crippen molar-refractivity contribution in [3.8, 4) is 0 Å². The molecule has 10 heavy (non-hydrogen) atoms. The zero-order valence-corrected chi connectivity index (χ0v) is 7.89. The van der Waals surface area contributed by atoms with Gasteiger partial charge in [0.2, 0.25) is 0 Å². The van der Waals surface area contributed by atoms with E-state index in [1.807, 2.05) is 14.0 Å². The van der Waals surface area contributed by atoms with Gasteiger partial charge in [0.25, 0.3) is 0 Å². The molecule has 0 N–H and O–H groups in total. The van der Waals surface area contributed by atoms with Crippen LogP contribution < -0.4 is 0 Å². The van der Waals surface area contributed by atoms with Gasteiger partial charge < -0.3 is 4.90 Å². The van der Waals surface area contributed by atoms with Crippen molar-refractivity contribution in [2.75, 3.05) is 14.1 Å². The van der Waals surface area contributed by atoms with Crippen LogP contribution in [0.1, 0.15) is 27.7 Å². The van der Waals surface area contributed by atoms with E-state index < -0.39 is 0 Å². The van der Waals surface area contributed by atoms with Crippen LogP contribution in [-0.4, -0.2) is 30.4 Å². The molecule has 0 aromatic rings. The fourth-order valence-electron chi connectivity index (χ4n) is 0.635. The van der Waals surface area contributed by atoms with Crippen molar-refractivity contribution in [2.24, 2.45) is 4.99 Å². The van der Waals surface area contributed by atoms with Gasteiger partial charge in [-0.15, -0.1) is 0 Å². The van der Waals surface area contributed by atoms with Crippen molar-refractivity contribution >= 4 is 5.84 Å². The van der Waals surface area contributed by atoms with Crippen molar-refractivity contribution < 1.29 is 0 Å². The highest BCUT2D eigenvalue weighted by Gasteiger charge is 2.16. The Hall–Kier alpha value is -0.530. The normalized spacial score (nSPS) is 13.6. The molecule has 0 saturated carbocycles. The molecule has 60 valence electrons. The highest BCUT2D eigenvalue weighted by molar-refractivity contribution is 5.79. The first-order valence-electron chi connectivity index (χ1n) is 3.57. The Balaban J connectivity index is 4.23. The topological polar surface area (TPSA) is 15.6 Å². The second-order valence-electron chi connectivity index (χ2n) is 3.50. The van der Waals surface area contributed by atoms with Gasteiger partial charge in [0, 0.05) is 19.6 Å². The highest BCUT2D eigenvalue weighted by atomic mass is 15.2. The lowest BCUT2D eigenvalue weighted by atomic mass is 10.1. The maximum atomic E-state index is 4.10. The summed E-state index contributed by atoms with van der Waals surface area (Å²) in [6, 6.07) is 0. The molecule has 0 heterocycles. The average Bonchev–Trinajstić information content (AvgIpc) is 1.83. The van der Waals surface area contributed by atoms with Crippen LogP contribution in [0.5, 0.6) is 0 Å². The second kappa shape index (κ2) is 3.04. The van der Waals surface area contributed by atoms with Crippen LogP contribution in [0.2, 0.25) is 0 Å². The monoisotopic (exact) mass is 142 g/mol. The molecular weight excluding hydrogens is 124 g/mol. The second-order valence-corrected chi connectivity index (χ2v) is 3.50. The van der Waals surface area contributed by atoms with Crippen molar-refractivity contribution in [1.82, 2.24) is 4.90 Å². The summed E-state index contributed by atoms with van der Waals surface area (Å²) in [7, 11) is 3.87. The van der Waals surface area contributed by atoms with E-state index in [1.165, 1.54) is 0 Å². The number of hydrogen-bond donors (Lipinski definition) is 0. The molecule has 0 aliphatic rings. The molecule has 0 saturated heterocycles. The number of amidine groups is 1. The van der Waals surface area contributed by atoms with E-state index in [0.29, 0.717) is 0 Å². The van der Waals surface area contributed by atoms with Gasteiger partial charge in [-0.3, -0.25) is 4.99 Å². The molecule has 0 fully saturated rings. The van der Waals surface area contributed by atoms with Gasteiger partial charge in [-0.2, -0.15) is 0 Å². The molecule has 0 rings (SSSR count). The standard InChI is InChI=1S/C8H18N2/c1-7(9-5)10(6)8(2,3)4/h1-6H3. The molecular formula is C8H18N2. The van der Waals surface area contributed by atoms with Crippen molar-refractivity contribution in [3.05, 3.63) is 0 Å². The van der Waals surface area contributed by atoms with Crippen LogP contribution in [-0.2, 0) is 0 Å². The first-order chi connectivity index (χ1) is 4.39. The number of nitrogens with zero attached hydrogens (tertiary/aromatic N) is 2. The summed E-state index contributed by atoms with van der Waals surface area (Å²) in [5, 5.41) is 0. The lowest BCUT2D eigenvalue weighted by Gasteiger charge is -2.33. The van der Waals surface area contributed by atoms with Gasteiger partial charge in [-0.25, -0.2) is 0 Å². The zero-order chi connectivity index (χ0) is 8.36. The molecule has 0 radical (unpaired) electrons. The van der Waals surface area contributed by atoms with E-state index in [2.05, 4.69) is 37.7 Å². The quantitative estimate of drug-likeness (QED) is 0.372. The zero-order valence-electron chi connectivity index (χ0n) is 7.89. The molecule has 0 bridgehead atoms. The van der Waals surface area contributed by atoms with Crippen LogP contribution >= 0.6 is 0 Å². The fourth-order valence-corrected chi connectivity index (χ4v) is 0.635. The lowest BCUT2D eigenvalue weighted by Crippen LogP contribution is -2.41. The van der Waals surface area contributed by atoms with Gasteiger partial charge in [-0.1, -0.05) is 0 Å². The van der Waals surface area contributed by atoms with Gasteiger partial charge in [0.1, 0.15) is 0 Å². The maximum Gasteiger partial charge on any atom is 0.0955 e. The first kappa shape index (κ1) is 9.47. The average molecular weight is 142 g/mol. The van der Waals surface area contributed by atoms with Gasteiger partial charge in [0.15, 0.2) is 0 Å². The molecule has 2 heteroatoms. The molecule has 0 aliphatic heterocycles. The lowest BCUT2D eigenvalue weighted by molar-refractivity contribution is 0.280. The van der Waals surface area contributed by atoms with E-state index in [9.17, 15) is 0 Å². The smallest absolute Gasteiger partial charge is 0.0955 e. The third kappa shape index (κ3) is 2.38.